The van der Waals surface area contributed by atoms with Crippen LogP contribution in [-0.2, 0) is 6.54 Å². The topological polar surface area (TPSA) is 65.1 Å². The fourth-order valence-corrected chi connectivity index (χ4v) is 3.06. The van der Waals surface area contributed by atoms with Crippen LogP contribution in [0.15, 0.2) is 47.5 Å². The highest BCUT2D eigenvalue weighted by atomic mass is 35.5. The van der Waals surface area contributed by atoms with Gasteiger partial charge in [-0.15, -0.1) is 10.2 Å². The second kappa shape index (κ2) is 6.53. The van der Waals surface area contributed by atoms with Gasteiger partial charge < -0.3 is 4.57 Å². The second-order valence-electron chi connectivity index (χ2n) is 6.73. The predicted octanol–water partition coefficient (Wildman–Crippen LogP) is 3.81. The summed E-state index contributed by atoms with van der Waals surface area (Å²) in [6.45, 7) is 4.94. The van der Waals surface area contributed by atoms with Crippen LogP contribution in [0.2, 0.25) is 5.02 Å². The Morgan fingerprint density at radius 2 is 1.88 bits per heavy atom. The van der Waals surface area contributed by atoms with Crippen molar-refractivity contribution in [1.29, 1.82) is 0 Å². The smallest absolute Gasteiger partial charge is 0.280 e. The number of halogens is 1. The average molecular weight is 368 g/mol. The average Bonchev–Trinajstić information content (AvgIpc) is 3.06. The molecule has 132 valence electrons. The van der Waals surface area contributed by atoms with E-state index in [0.717, 1.165) is 17.5 Å². The van der Waals surface area contributed by atoms with E-state index in [0.29, 0.717) is 34.2 Å². The van der Waals surface area contributed by atoms with E-state index in [9.17, 15) is 4.79 Å². The fraction of sp³-hybridized carbons (Fsp3) is 0.263. The summed E-state index contributed by atoms with van der Waals surface area (Å²) in [6, 6.07) is 9.34. The van der Waals surface area contributed by atoms with E-state index < -0.39 is 0 Å². The third-order valence-corrected chi connectivity index (χ3v) is 4.69. The van der Waals surface area contributed by atoms with E-state index in [2.05, 4.69) is 29.1 Å². The van der Waals surface area contributed by atoms with Crippen LogP contribution >= 0.6 is 11.6 Å². The second-order valence-corrected chi connectivity index (χ2v) is 7.17. The van der Waals surface area contributed by atoms with Gasteiger partial charge in [-0.1, -0.05) is 37.6 Å². The summed E-state index contributed by atoms with van der Waals surface area (Å²) < 4.78 is 3.35. The molecule has 0 amide bonds. The van der Waals surface area contributed by atoms with Crippen molar-refractivity contribution < 1.29 is 0 Å². The van der Waals surface area contributed by atoms with Crippen molar-refractivity contribution in [3.63, 3.8) is 0 Å². The van der Waals surface area contributed by atoms with Gasteiger partial charge >= 0.3 is 0 Å². The van der Waals surface area contributed by atoms with Gasteiger partial charge in [0.05, 0.1) is 6.20 Å². The lowest BCUT2D eigenvalue weighted by atomic mass is 10.1. The van der Waals surface area contributed by atoms with E-state index in [1.54, 1.807) is 21.5 Å². The molecule has 0 bridgehead atoms. The molecule has 6 nitrogen and oxygen atoms in total. The van der Waals surface area contributed by atoms with Crippen molar-refractivity contribution in [3.8, 4) is 11.1 Å². The van der Waals surface area contributed by atoms with Crippen LogP contribution in [0.4, 0.5) is 0 Å². The molecule has 0 spiro atoms. The van der Waals surface area contributed by atoms with Crippen molar-refractivity contribution in [3.05, 3.63) is 58.1 Å². The monoisotopic (exact) mass is 367 g/mol. The quantitative estimate of drug-likeness (QED) is 0.550. The number of nitrogens with zero attached hydrogens (tertiary/aromatic N) is 5. The first kappa shape index (κ1) is 16.7. The molecule has 0 aliphatic heterocycles. The Balaban J connectivity index is 1.85. The van der Waals surface area contributed by atoms with Crippen LogP contribution in [0, 0.1) is 5.92 Å². The third-order valence-electron chi connectivity index (χ3n) is 4.44. The normalized spacial score (nSPS) is 11.7. The largest absolute Gasteiger partial charge is 0.313 e. The molecule has 1 aromatic carbocycles. The molecular formula is C19H18ClN5O. The highest BCUT2D eigenvalue weighted by molar-refractivity contribution is 6.30. The van der Waals surface area contributed by atoms with Gasteiger partial charge in [-0.3, -0.25) is 4.79 Å². The zero-order valence-corrected chi connectivity index (χ0v) is 15.3. The molecule has 0 N–H and O–H groups in total. The van der Waals surface area contributed by atoms with Gasteiger partial charge in [0.15, 0.2) is 11.2 Å². The number of benzene rings is 1. The molecule has 0 saturated carbocycles. The fourth-order valence-electron chi connectivity index (χ4n) is 2.94. The Labute approximate surface area is 155 Å². The van der Waals surface area contributed by atoms with Crippen molar-refractivity contribution in [1.82, 2.24) is 24.4 Å². The lowest BCUT2D eigenvalue weighted by Crippen LogP contribution is -2.22. The van der Waals surface area contributed by atoms with Crippen molar-refractivity contribution in [2.24, 2.45) is 5.92 Å². The summed E-state index contributed by atoms with van der Waals surface area (Å²) in [5.41, 5.74) is 3.25. The number of pyridine rings is 1. The summed E-state index contributed by atoms with van der Waals surface area (Å²) in [6.07, 6.45) is 4.47. The maximum atomic E-state index is 12.7. The Hall–Kier alpha value is -2.73. The predicted molar refractivity (Wildman–Crippen MR) is 102 cm³/mol. The Kier molecular flexibility index (Phi) is 4.20. The lowest BCUT2D eigenvalue weighted by molar-refractivity contribution is 0.509. The molecule has 0 aliphatic carbocycles. The molecule has 0 saturated heterocycles. The molecule has 0 fully saturated rings. The standard InChI is InChI=1S/C19H18ClN5O/c1-12(2)7-9-24-10-8-16-17(19(24)26)22-23-18-15(11-21-25(16)18)13-3-5-14(20)6-4-13/h3-6,8,10-12H,7,9H2,1-2H3. The first-order chi connectivity index (χ1) is 12.5. The Bertz CT molecular complexity index is 1140. The minimum absolute atomic E-state index is 0.138. The van der Waals surface area contributed by atoms with Gasteiger partial charge in [-0.05, 0) is 36.1 Å². The Morgan fingerprint density at radius 1 is 1.12 bits per heavy atom. The Morgan fingerprint density at radius 3 is 2.62 bits per heavy atom. The van der Waals surface area contributed by atoms with Gasteiger partial charge in [-0.2, -0.15) is 5.10 Å². The molecule has 0 radical (unpaired) electrons. The zero-order valence-electron chi connectivity index (χ0n) is 14.6. The lowest BCUT2D eigenvalue weighted by Gasteiger charge is -2.09. The van der Waals surface area contributed by atoms with E-state index in [1.165, 1.54) is 0 Å². The molecule has 0 unspecified atom stereocenters. The molecule has 0 atom stereocenters. The highest BCUT2D eigenvalue weighted by Crippen LogP contribution is 2.25. The van der Waals surface area contributed by atoms with E-state index >= 15 is 0 Å². The minimum atomic E-state index is -0.138. The SMILES string of the molecule is CC(C)CCn1ccc2c(nnc3c(-c4ccc(Cl)cc4)cnn32)c1=O. The molecule has 3 heterocycles. The summed E-state index contributed by atoms with van der Waals surface area (Å²) in [5.74, 6) is 0.527. The molecule has 7 heteroatoms. The number of hydrogen-bond donors (Lipinski definition) is 0. The van der Waals surface area contributed by atoms with Gasteiger partial charge in [0.2, 0.25) is 0 Å². The van der Waals surface area contributed by atoms with Crippen LogP contribution in [0.25, 0.3) is 27.8 Å². The maximum absolute atomic E-state index is 12.7. The third kappa shape index (κ3) is 2.86. The molecule has 4 aromatic rings. The van der Waals surface area contributed by atoms with Gasteiger partial charge in [0.1, 0.15) is 5.52 Å². The van der Waals surface area contributed by atoms with E-state index in [-0.39, 0.29) is 5.56 Å². The van der Waals surface area contributed by atoms with Crippen molar-refractivity contribution >= 4 is 28.3 Å². The van der Waals surface area contributed by atoms with Crippen molar-refractivity contribution in [2.75, 3.05) is 0 Å². The highest BCUT2D eigenvalue weighted by Gasteiger charge is 2.14. The summed E-state index contributed by atoms with van der Waals surface area (Å²) in [4.78, 5) is 12.7. The first-order valence-electron chi connectivity index (χ1n) is 8.54. The maximum Gasteiger partial charge on any atom is 0.280 e. The molecule has 26 heavy (non-hydrogen) atoms. The van der Waals surface area contributed by atoms with Crippen LogP contribution in [-0.4, -0.2) is 24.4 Å². The van der Waals surface area contributed by atoms with E-state index in [4.69, 9.17) is 11.6 Å². The molecular weight excluding hydrogens is 350 g/mol. The number of aryl methyl sites for hydroxylation is 1. The van der Waals surface area contributed by atoms with Crippen LogP contribution < -0.4 is 5.56 Å². The van der Waals surface area contributed by atoms with Gasteiger partial charge in [0, 0.05) is 23.3 Å². The molecule has 4 rings (SSSR count). The van der Waals surface area contributed by atoms with Crippen molar-refractivity contribution in [2.45, 2.75) is 26.8 Å². The van der Waals surface area contributed by atoms with E-state index in [1.807, 2.05) is 30.3 Å². The number of fused-ring (bicyclic) bond motifs is 3. The van der Waals surface area contributed by atoms with Crippen LogP contribution in [0.5, 0.6) is 0 Å². The number of aromatic nitrogens is 5. The summed E-state index contributed by atoms with van der Waals surface area (Å²) >= 11 is 5.96. The van der Waals surface area contributed by atoms with Crippen LogP contribution in [0.1, 0.15) is 20.3 Å². The minimum Gasteiger partial charge on any atom is -0.313 e. The number of hydrogen-bond acceptors (Lipinski definition) is 4. The zero-order chi connectivity index (χ0) is 18.3. The first-order valence-corrected chi connectivity index (χ1v) is 8.92. The summed E-state index contributed by atoms with van der Waals surface area (Å²) in [5, 5.41) is 13.6. The van der Waals surface area contributed by atoms with Crippen LogP contribution in [0.3, 0.4) is 0 Å². The summed E-state index contributed by atoms with van der Waals surface area (Å²) in [7, 11) is 0. The molecule has 3 aromatic heterocycles. The van der Waals surface area contributed by atoms with Gasteiger partial charge in [0.25, 0.3) is 5.56 Å². The number of rotatable bonds is 4. The van der Waals surface area contributed by atoms with Gasteiger partial charge in [-0.25, -0.2) is 4.52 Å². The molecule has 0 aliphatic rings.